The van der Waals surface area contributed by atoms with E-state index < -0.39 is 10.0 Å². The molecule has 1 saturated heterocycles. The number of amides is 1. The van der Waals surface area contributed by atoms with Crippen LogP contribution in [0.1, 0.15) is 15.9 Å². The number of nitrogens with zero attached hydrogens (tertiary/aromatic N) is 3. The van der Waals surface area contributed by atoms with Gasteiger partial charge in [0.2, 0.25) is 16.8 Å². The topological polar surface area (TPSA) is 89.0 Å². The summed E-state index contributed by atoms with van der Waals surface area (Å²) in [5.74, 6) is 1.01. The number of hydrogen-bond acceptors (Lipinski definition) is 6. The largest absolute Gasteiger partial charge is 0.454 e. The van der Waals surface area contributed by atoms with Crippen molar-refractivity contribution in [3.05, 3.63) is 59.8 Å². The van der Waals surface area contributed by atoms with Crippen molar-refractivity contribution in [3.63, 3.8) is 0 Å². The van der Waals surface area contributed by atoms with E-state index in [-0.39, 0.29) is 30.7 Å². The predicted molar refractivity (Wildman–Crippen MR) is 114 cm³/mol. The van der Waals surface area contributed by atoms with Gasteiger partial charge in [-0.2, -0.15) is 4.31 Å². The number of aryl methyl sites for hydroxylation is 1. The summed E-state index contributed by atoms with van der Waals surface area (Å²) in [6, 6.07) is 12.2. The molecule has 0 spiro atoms. The molecule has 0 bridgehead atoms. The second kappa shape index (κ2) is 7.51. The van der Waals surface area contributed by atoms with Crippen molar-refractivity contribution in [3.8, 4) is 11.5 Å². The van der Waals surface area contributed by atoms with Crippen LogP contribution in [-0.2, 0) is 10.0 Å². The van der Waals surface area contributed by atoms with Crippen LogP contribution in [0.15, 0.2) is 53.6 Å². The van der Waals surface area contributed by atoms with Gasteiger partial charge >= 0.3 is 0 Å². The molecule has 3 aromatic rings. The molecule has 0 saturated carbocycles. The molecule has 8 nitrogen and oxygen atoms in total. The van der Waals surface area contributed by atoms with Crippen LogP contribution in [0.25, 0.3) is 10.9 Å². The van der Waals surface area contributed by atoms with Crippen LogP contribution in [0.4, 0.5) is 0 Å². The van der Waals surface area contributed by atoms with Gasteiger partial charge in [-0.15, -0.1) is 0 Å². The van der Waals surface area contributed by atoms with Crippen molar-refractivity contribution in [1.82, 2.24) is 14.2 Å². The molecule has 1 amide bonds. The summed E-state index contributed by atoms with van der Waals surface area (Å²) in [5.41, 5.74) is 1.93. The maximum absolute atomic E-state index is 13.3. The molecule has 31 heavy (non-hydrogen) atoms. The first-order chi connectivity index (χ1) is 14.9. The molecule has 9 heteroatoms. The van der Waals surface area contributed by atoms with E-state index in [9.17, 15) is 13.2 Å². The van der Waals surface area contributed by atoms with Crippen LogP contribution >= 0.6 is 0 Å². The zero-order chi connectivity index (χ0) is 21.6. The highest BCUT2D eigenvalue weighted by Crippen LogP contribution is 2.33. The van der Waals surface area contributed by atoms with Crippen LogP contribution in [0, 0.1) is 6.92 Å². The number of hydrogen-bond donors (Lipinski definition) is 0. The molecule has 0 aliphatic carbocycles. The van der Waals surface area contributed by atoms with Crippen molar-refractivity contribution in [1.29, 1.82) is 0 Å². The van der Waals surface area contributed by atoms with Crippen molar-refractivity contribution in [2.45, 2.75) is 11.8 Å². The van der Waals surface area contributed by atoms with Gasteiger partial charge < -0.3 is 14.4 Å². The number of pyridine rings is 1. The predicted octanol–water partition coefficient (Wildman–Crippen LogP) is 2.42. The lowest BCUT2D eigenvalue weighted by atomic mass is 10.1. The second-order valence-electron chi connectivity index (χ2n) is 7.60. The first-order valence-electron chi connectivity index (χ1n) is 9.98. The quantitative estimate of drug-likeness (QED) is 0.623. The third-order valence-corrected chi connectivity index (χ3v) is 7.50. The summed E-state index contributed by atoms with van der Waals surface area (Å²) in [5, 5.41) is 0.790. The summed E-state index contributed by atoms with van der Waals surface area (Å²) in [4.78, 5) is 19.1. The lowest BCUT2D eigenvalue weighted by Gasteiger charge is -2.34. The molecule has 2 aliphatic heterocycles. The molecule has 1 aromatic heterocycles. The molecule has 0 radical (unpaired) electrons. The molecular formula is C22H21N3O5S. The summed E-state index contributed by atoms with van der Waals surface area (Å²) < 4.78 is 38.7. The van der Waals surface area contributed by atoms with Gasteiger partial charge in [0.25, 0.3) is 5.91 Å². The smallest absolute Gasteiger partial charge is 0.254 e. The number of carbonyl (C=O) groups excluding carboxylic acids is 1. The van der Waals surface area contributed by atoms with E-state index in [1.54, 1.807) is 41.4 Å². The lowest BCUT2D eigenvalue weighted by molar-refractivity contribution is 0.0697. The fraction of sp³-hybridized carbons (Fsp3) is 0.273. The molecule has 1 fully saturated rings. The van der Waals surface area contributed by atoms with Gasteiger partial charge in [-0.25, -0.2) is 8.42 Å². The third-order valence-electron chi connectivity index (χ3n) is 5.57. The van der Waals surface area contributed by atoms with Gasteiger partial charge in [-0.3, -0.25) is 9.78 Å². The Morgan fingerprint density at radius 2 is 1.77 bits per heavy atom. The summed E-state index contributed by atoms with van der Waals surface area (Å²) >= 11 is 0. The van der Waals surface area contributed by atoms with E-state index in [1.165, 1.54) is 4.31 Å². The maximum Gasteiger partial charge on any atom is 0.254 e. The van der Waals surface area contributed by atoms with Gasteiger partial charge in [0.15, 0.2) is 11.5 Å². The number of ether oxygens (including phenoxy) is 2. The Bertz CT molecular complexity index is 1280. The fourth-order valence-electron chi connectivity index (χ4n) is 3.93. The molecule has 3 heterocycles. The summed E-state index contributed by atoms with van der Waals surface area (Å²) in [6.45, 7) is 3.13. The van der Waals surface area contributed by atoms with Gasteiger partial charge in [-0.1, -0.05) is 12.1 Å². The second-order valence-corrected chi connectivity index (χ2v) is 9.51. The SMILES string of the molecule is Cc1cnc2c(S(=O)(=O)N3CCN(C(=O)c4ccc5c(c4)OCO5)CC3)cccc2c1. The first-order valence-corrected chi connectivity index (χ1v) is 11.4. The number of benzene rings is 2. The van der Waals surface area contributed by atoms with Crippen LogP contribution < -0.4 is 9.47 Å². The van der Waals surface area contributed by atoms with Crippen molar-refractivity contribution < 1.29 is 22.7 Å². The van der Waals surface area contributed by atoms with Crippen LogP contribution in [0.5, 0.6) is 11.5 Å². The Hall–Kier alpha value is -3.17. The molecule has 5 rings (SSSR count). The van der Waals surface area contributed by atoms with E-state index in [0.717, 1.165) is 10.9 Å². The molecule has 0 N–H and O–H groups in total. The Kier molecular flexibility index (Phi) is 4.79. The van der Waals surface area contributed by atoms with E-state index in [0.29, 0.717) is 35.7 Å². The Balaban J connectivity index is 1.34. The highest BCUT2D eigenvalue weighted by atomic mass is 32.2. The molecule has 2 aliphatic rings. The van der Waals surface area contributed by atoms with Crippen molar-refractivity contribution >= 4 is 26.8 Å². The average Bonchev–Trinajstić information content (AvgIpc) is 3.26. The number of para-hydroxylation sites is 1. The minimum atomic E-state index is -3.73. The number of carbonyl (C=O) groups is 1. The highest BCUT2D eigenvalue weighted by Gasteiger charge is 2.32. The molecule has 0 unspecified atom stereocenters. The van der Waals surface area contributed by atoms with Crippen LogP contribution in [0.3, 0.4) is 0 Å². The number of piperazine rings is 1. The minimum absolute atomic E-state index is 0.145. The fourth-order valence-corrected chi connectivity index (χ4v) is 5.52. The van der Waals surface area contributed by atoms with Crippen molar-refractivity contribution in [2.75, 3.05) is 33.0 Å². The molecule has 0 atom stereocenters. The Labute approximate surface area is 180 Å². The highest BCUT2D eigenvalue weighted by molar-refractivity contribution is 7.89. The van der Waals surface area contributed by atoms with Crippen molar-refractivity contribution in [2.24, 2.45) is 0 Å². The van der Waals surface area contributed by atoms with Gasteiger partial charge in [0.1, 0.15) is 4.90 Å². The lowest BCUT2D eigenvalue weighted by Crippen LogP contribution is -2.50. The van der Waals surface area contributed by atoms with E-state index in [4.69, 9.17) is 9.47 Å². The zero-order valence-corrected chi connectivity index (χ0v) is 17.8. The van der Waals surface area contributed by atoms with Gasteiger partial charge in [0.05, 0.1) is 5.52 Å². The normalized spacial score (nSPS) is 16.6. The number of sulfonamides is 1. The molecule has 2 aromatic carbocycles. The summed E-state index contributed by atoms with van der Waals surface area (Å²) in [7, 11) is -3.73. The summed E-state index contributed by atoms with van der Waals surface area (Å²) in [6.07, 6.45) is 1.67. The van der Waals surface area contributed by atoms with E-state index >= 15 is 0 Å². The van der Waals surface area contributed by atoms with Crippen LogP contribution in [-0.4, -0.2) is 61.5 Å². The minimum Gasteiger partial charge on any atom is -0.454 e. The first kappa shape index (κ1) is 19.8. The number of aromatic nitrogens is 1. The number of rotatable bonds is 3. The maximum atomic E-state index is 13.3. The monoisotopic (exact) mass is 439 g/mol. The average molecular weight is 439 g/mol. The van der Waals surface area contributed by atoms with Crippen LogP contribution in [0.2, 0.25) is 0 Å². The van der Waals surface area contributed by atoms with Gasteiger partial charge in [0, 0.05) is 43.3 Å². The Morgan fingerprint density at radius 1 is 1.00 bits per heavy atom. The zero-order valence-electron chi connectivity index (χ0n) is 16.9. The third kappa shape index (κ3) is 3.49. The van der Waals surface area contributed by atoms with Gasteiger partial charge in [-0.05, 0) is 42.8 Å². The van der Waals surface area contributed by atoms with E-state index in [2.05, 4.69) is 4.98 Å². The Morgan fingerprint density at radius 3 is 2.58 bits per heavy atom. The molecule has 160 valence electrons. The van der Waals surface area contributed by atoms with E-state index in [1.807, 2.05) is 19.1 Å². The molecular weight excluding hydrogens is 418 g/mol. The standard InChI is InChI=1S/C22H21N3O5S/c1-15-11-16-3-2-4-20(21(16)23-13-15)31(27,28)25-9-7-24(8-10-25)22(26)17-5-6-18-19(12-17)30-14-29-18/h2-6,11-13H,7-10,14H2,1H3. The number of fused-ring (bicyclic) bond motifs is 2.